The lowest BCUT2D eigenvalue weighted by Gasteiger charge is -2.29. The van der Waals surface area contributed by atoms with Gasteiger partial charge >= 0.3 is 0 Å². The number of nitrogens with zero attached hydrogens (tertiary/aromatic N) is 2. The van der Waals surface area contributed by atoms with Crippen molar-refractivity contribution in [1.29, 1.82) is 0 Å². The maximum atomic E-state index is 11.2. The monoisotopic (exact) mass is 186 g/mol. The fraction of sp³-hybridized carbons (Fsp3) is 0.875. The second-order valence-electron chi connectivity index (χ2n) is 3.58. The van der Waals surface area contributed by atoms with Crippen LogP contribution in [0.1, 0.15) is 19.8 Å². The van der Waals surface area contributed by atoms with Crippen LogP contribution < -0.4 is 0 Å². The van der Waals surface area contributed by atoms with Crippen molar-refractivity contribution in [2.75, 3.05) is 19.6 Å². The third-order valence-corrected chi connectivity index (χ3v) is 2.27. The molecule has 1 aliphatic rings. The topological polar surface area (TPSA) is 63.5 Å². The van der Waals surface area contributed by atoms with Gasteiger partial charge in [0.25, 0.3) is 12.5 Å². The zero-order valence-corrected chi connectivity index (χ0v) is 7.73. The normalized spacial score (nSPS) is 22.8. The Morgan fingerprint density at radius 2 is 2.38 bits per heavy atom. The predicted molar refractivity (Wildman–Crippen MR) is 46.8 cm³/mol. The molecule has 1 aliphatic heterocycles. The van der Waals surface area contributed by atoms with Gasteiger partial charge in [0.05, 0.1) is 0 Å². The summed E-state index contributed by atoms with van der Waals surface area (Å²) in [6.45, 7) is 2.85. The molecular formula is C8H14N2O3. The van der Waals surface area contributed by atoms with Crippen molar-refractivity contribution < 1.29 is 9.72 Å². The third-order valence-electron chi connectivity index (χ3n) is 2.27. The van der Waals surface area contributed by atoms with Crippen molar-refractivity contribution >= 4 is 5.91 Å². The Hall–Kier alpha value is -1.13. The Labute approximate surface area is 76.9 Å². The van der Waals surface area contributed by atoms with E-state index in [9.17, 15) is 14.9 Å². The van der Waals surface area contributed by atoms with Gasteiger partial charge in [0.15, 0.2) is 0 Å². The van der Waals surface area contributed by atoms with Gasteiger partial charge in [-0.05, 0) is 18.8 Å². The van der Waals surface area contributed by atoms with Gasteiger partial charge in [-0.25, -0.2) is 0 Å². The van der Waals surface area contributed by atoms with Crippen LogP contribution in [-0.2, 0) is 4.79 Å². The first-order valence-corrected chi connectivity index (χ1v) is 4.49. The van der Waals surface area contributed by atoms with E-state index in [2.05, 4.69) is 6.92 Å². The SMILES string of the molecule is CC1CCCN(C(=O)C[N+](=O)[O-])C1. The van der Waals surface area contributed by atoms with Crippen molar-refractivity contribution in [3.05, 3.63) is 10.1 Å². The lowest BCUT2D eigenvalue weighted by molar-refractivity contribution is -0.468. The summed E-state index contributed by atoms with van der Waals surface area (Å²) < 4.78 is 0. The minimum atomic E-state index is -0.568. The summed E-state index contributed by atoms with van der Waals surface area (Å²) in [5, 5.41) is 10.1. The first-order valence-electron chi connectivity index (χ1n) is 4.49. The van der Waals surface area contributed by atoms with E-state index in [-0.39, 0.29) is 5.91 Å². The smallest absolute Gasteiger partial charge is 0.294 e. The van der Waals surface area contributed by atoms with Crippen molar-refractivity contribution in [3.8, 4) is 0 Å². The molecule has 0 bridgehead atoms. The summed E-state index contributed by atoms with van der Waals surface area (Å²) in [6, 6.07) is 0. The van der Waals surface area contributed by atoms with Gasteiger partial charge in [-0.2, -0.15) is 0 Å². The van der Waals surface area contributed by atoms with Crippen LogP contribution in [0.2, 0.25) is 0 Å². The molecule has 5 nitrogen and oxygen atoms in total. The van der Waals surface area contributed by atoms with Gasteiger partial charge in [-0.3, -0.25) is 14.9 Å². The average Bonchev–Trinajstić information content (AvgIpc) is 2.03. The van der Waals surface area contributed by atoms with Gasteiger partial charge in [0.1, 0.15) is 0 Å². The standard InChI is InChI=1S/C8H14N2O3/c1-7-3-2-4-9(5-7)8(11)6-10(12)13/h7H,2-6H2,1H3. The molecule has 1 fully saturated rings. The van der Waals surface area contributed by atoms with Gasteiger partial charge in [0.2, 0.25) is 0 Å². The molecule has 1 atom stereocenters. The molecule has 0 aromatic heterocycles. The van der Waals surface area contributed by atoms with E-state index in [1.807, 2.05) is 0 Å². The molecule has 0 spiro atoms. The Morgan fingerprint density at radius 1 is 1.69 bits per heavy atom. The number of rotatable bonds is 2. The van der Waals surface area contributed by atoms with Gasteiger partial charge < -0.3 is 4.90 Å². The van der Waals surface area contributed by atoms with E-state index < -0.39 is 11.5 Å². The highest BCUT2D eigenvalue weighted by molar-refractivity contribution is 5.77. The van der Waals surface area contributed by atoms with Crippen molar-refractivity contribution in [2.24, 2.45) is 5.92 Å². The minimum Gasteiger partial charge on any atom is -0.337 e. The van der Waals surface area contributed by atoms with Crippen LogP contribution in [0.4, 0.5) is 0 Å². The second-order valence-corrected chi connectivity index (χ2v) is 3.58. The summed E-state index contributed by atoms with van der Waals surface area (Å²) in [7, 11) is 0. The van der Waals surface area contributed by atoms with E-state index in [1.165, 1.54) is 0 Å². The Morgan fingerprint density at radius 3 is 2.92 bits per heavy atom. The molecule has 74 valence electrons. The Kier molecular flexibility index (Phi) is 3.22. The van der Waals surface area contributed by atoms with Crippen LogP contribution in [0.25, 0.3) is 0 Å². The summed E-state index contributed by atoms with van der Waals surface area (Å²) in [5.74, 6) is 0.126. The number of carbonyl (C=O) groups excluding carboxylic acids is 1. The molecule has 0 aliphatic carbocycles. The molecule has 0 saturated carbocycles. The van der Waals surface area contributed by atoms with E-state index in [0.29, 0.717) is 19.0 Å². The number of nitro groups is 1. The van der Waals surface area contributed by atoms with Crippen molar-refractivity contribution in [2.45, 2.75) is 19.8 Å². The molecular weight excluding hydrogens is 172 g/mol. The first kappa shape index (κ1) is 9.95. The average molecular weight is 186 g/mol. The highest BCUT2D eigenvalue weighted by Gasteiger charge is 2.23. The number of amides is 1. The van der Waals surface area contributed by atoms with Crippen LogP contribution in [0.3, 0.4) is 0 Å². The fourth-order valence-corrected chi connectivity index (χ4v) is 1.63. The molecule has 0 radical (unpaired) electrons. The molecule has 1 heterocycles. The van der Waals surface area contributed by atoms with Crippen LogP contribution in [-0.4, -0.2) is 35.4 Å². The molecule has 1 rings (SSSR count). The first-order chi connectivity index (χ1) is 6.09. The quantitative estimate of drug-likeness (QED) is 0.466. The maximum absolute atomic E-state index is 11.2. The Balaban J connectivity index is 2.41. The molecule has 1 amide bonds. The molecule has 13 heavy (non-hydrogen) atoms. The number of carbonyl (C=O) groups is 1. The fourth-order valence-electron chi connectivity index (χ4n) is 1.63. The summed E-state index contributed by atoms with van der Waals surface area (Å²) >= 11 is 0. The highest BCUT2D eigenvalue weighted by atomic mass is 16.6. The number of likely N-dealkylation sites (tertiary alicyclic amines) is 1. The van der Waals surface area contributed by atoms with Gasteiger partial charge in [0, 0.05) is 18.0 Å². The molecule has 0 N–H and O–H groups in total. The Bertz CT molecular complexity index is 217. The van der Waals surface area contributed by atoms with Crippen LogP contribution in [0.5, 0.6) is 0 Å². The molecule has 0 aromatic rings. The molecule has 1 unspecified atom stereocenters. The number of hydrogen-bond acceptors (Lipinski definition) is 3. The van der Waals surface area contributed by atoms with E-state index in [1.54, 1.807) is 4.90 Å². The highest BCUT2D eigenvalue weighted by Crippen LogP contribution is 2.15. The zero-order valence-electron chi connectivity index (χ0n) is 7.73. The van der Waals surface area contributed by atoms with Crippen LogP contribution in [0.15, 0.2) is 0 Å². The summed E-state index contributed by atoms with van der Waals surface area (Å²) in [4.78, 5) is 22.4. The van der Waals surface area contributed by atoms with E-state index >= 15 is 0 Å². The number of hydrogen-bond donors (Lipinski definition) is 0. The third kappa shape index (κ3) is 3.01. The number of piperidine rings is 1. The van der Waals surface area contributed by atoms with Crippen molar-refractivity contribution in [3.63, 3.8) is 0 Å². The minimum absolute atomic E-state index is 0.350. The van der Waals surface area contributed by atoms with Crippen molar-refractivity contribution in [1.82, 2.24) is 4.90 Å². The molecule has 1 saturated heterocycles. The van der Waals surface area contributed by atoms with E-state index in [4.69, 9.17) is 0 Å². The van der Waals surface area contributed by atoms with E-state index in [0.717, 1.165) is 12.8 Å². The second kappa shape index (κ2) is 4.20. The largest absolute Gasteiger partial charge is 0.337 e. The predicted octanol–water partition coefficient (Wildman–Crippen LogP) is 0.522. The maximum Gasteiger partial charge on any atom is 0.294 e. The van der Waals surface area contributed by atoms with Gasteiger partial charge in [-0.1, -0.05) is 6.92 Å². The van der Waals surface area contributed by atoms with Gasteiger partial charge in [-0.15, -0.1) is 0 Å². The summed E-state index contributed by atoms with van der Waals surface area (Å²) in [5.41, 5.74) is 0. The molecule has 5 heteroatoms. The van der Waals surface area contributed by atoms with Crippen LogP contribution >= 0.6 is 0 Å². The lowest BCUT2D eigenvalue weighted by atomic mass is 10.0. The summed E-state index contributed by atoms with van der Waals surface area (Å²) in [6.07, 6.45) is 2.08. The zero-order chi connectivity index (χ0) is 9.84. The van der Waals surface area contributed by atoms with Crippen LogP contribution in [0, 0.1) is 16.0 Å². The molecule has 0 aromatic carbocycles. The lowest BCUT2D eigenvalue weighted by Crippen LogP contribution is -2.41.